The number of ether oxygens (including phenoxy) is 1. The molecule has 1 aromatic carbocycles. The van der Waals surface area contributed by atoms with Crippen LogP contribution >= 0.6 is 11.8 Å². The van der Waals surface area contributed by atoms with Gasteiger partial charge in [0.2, 0.25) is 0 Å². The molecule has 2 nitrogen and oxygen atoms in total. The Labute approximate surface area is 236 Å². The minimum atomic E-state index is -0.400. The number of aryl methyl sites for hydroxylation is 1. The van der Waals surface area contributed by atoms with E-state index in [1.807, 2.05) is 7.11 Å². The molecular weight excluding hydrogens is 484 g/mol. The van der Waals surface area contributed by atoms with Gasteiger partial charge in [-0.3, -0.25) is 0 Å². The Balaban J connectivity index is 1.23. The van der Waals surface area contributed by atoms with Crippen LogP contribution < -0.4 is 0 Å². The first-order chi connectivity index (χ1) is 18.0. The van der Waals surface area contributed by atoms with Crippen LogP contribution in [0.5, 0.6) is 0 Å². The van der Waals surface area contributed by atoms with Crippen molar-refractivity contribution in [3.8, 4) is 0 Å². The van der Waals surface area contributed by atoms with Gasteiger partial charge in [-0.25, -0.2) is 0 Å². The zero-order valence-electron chi connectivity index (χ0n) is 25.0. The lowest BCUT2D eigenvalue weighted by Crippen LogP contribution is -2.57. The second-order valence-electron chi connectivity index (χ2n) is 15.0. The van der Waals surface area contributed by atoms with Gasteiger partial charge in [0.1, 0.15) is 0 Å². The normalized spacial score (nSPS) is 45.2. The van der Waals surface area contributed by atoms with Crippen LogP contribution in [0.1, 0.15) is 91.5 Å². The highest BCUT2D eigenvalue weighted by Gasteiger charge is 2.77. The fourth-order valence-electron chi connectivity index (χ4n) is 11.2. The maximum absolute atomic E-state index is 11.9. The minimum Gasteiger partial charge on any atom is -0.388 e. The van der Waals surface area contributed by atoms with Crippen molar-refractivity contribution >= 4 is 11.8 Å². The number of aliphatic hydroxyl groups excluding tert-OH is 1. The lowest BCUT2D eigenvalue weighted by atomic mass is 9.45. The summed E-state index contributed by atoms with van der Waals surface area (Å²) in [5.41, 5.74) is 2.61. The van der Waals surface area contributed by atoms with Crippen molar-refractivity contribution in [2.45, 2.75) is 110 Å². The van der Waals surface area contributed by atoms with Gasteiger partial charge in [0, 0.05) is 22.3 Å². The van der Waals surface area contributed by atoms with Crippen LogP contribution in [0.2, 0.25) is 0 Å². The molecule has 210 valence electrons. The summed E-state index contributed by atoms with van der Waals surface area (Å²) in [6, 6.07) is 8.77. The maximum atomic E-state index is 11.9. The van der Waals surface area contributed by atoms with E-state index in [2.05, 4.69) is 71.9 Å². The van der Waals surface area contributed by atoms with Gasteiger partial charge in [-0.15, -0.1) is 0 Å². The number of benzene rings is 1. The van der Waals surface area contributed by atoms with Crippen molar-refractivity contribution in [1.82, 2.24) is 0 Å². The van der Waals surface area contributed by atoms with Crippen molar-refractivity contribution < 1.29 is 9.84 Å². The first-order valence-corrected chi connectivity index (χ1v) is 16.5. The Morgan fingerprint density at radius 3 is 2.42 bits per heavy atom. The van der Waals surface area contributed by atoms with Crippen LogP contribution in [0.3, 0.4) is 0 Å². The van der Waals surface area contributed by atoms with Crippen LogP contribution in [0, 0.1) is 64.6 Å². The molecule has 0 saturated heterocycles. The van der Waals surface area contributed by atoms with Gasteiger partial charge < -0.3 is 9.84 Å². The summed E-state index contributed by atoms with van der Waals surface area (Å²) in [5.74, 6) is 4.68. The highest BCUT2D eigenvalue weighted by atomic mass is 32.2. The zero-order valence-corrected chi connectivity index (χ0v) is 25.8. The summed E-state index contributed by atoms with van der Waals surface area (Å²) in [4.78, 5) is 2.38. The molecule has 5 saturated carbocycles. The topological polar surface area (TPSA) is 29.5 Å². The molecule has 0 aliphatic heterocycles. The third kappa shape index (κ3) is 3.95. The van der Waals surface area contributed by atoms with Crippen LogP contribution in [0.4, 0.5) is 0 Å². The molecule has 38 heavy (non-hydrogen) atoms. The van der Waals surface area contributed by atoms with Gasteiger partial charge in [0.05, 0.1) is 12.2 Å². The minimum absolute atomic E-state index is 0.271. The van der Waals surface area contributed by atoms with Gasteiger partial charge >= 0.3 is 0 Å². The van der Waals surface area contributed by atoms with Crippen molar-refractivity contribution in [3.05, 3.63) is 40.8 Å². The number of hydrogen-bond donors (Lipinski definition) is 1. The van der Waals surface area contributed by atoms with E-state index in [0.717, 1.165) is 28.6 Å². The molecule has 0 unspecified atom stereocenters. The average Bonchev–Trinajstić information content (AvgIpc) is 3.39. The van der Waals surface area contributed by atoms with Gasteiger partial charge in [0.25, 0.3) is 0 Å². The van der Waals surface area contributed by atoms with Crippen molar-refractivity contribution in [2.24, 2.45) is 57.7 Å². The molecule has 5 aliphatic rings. The van der Waals surface area contributed by atoms with Crippen LogP contribution in [0.15, 0.2) is 40.1 Å². The quantitative estimate of drug-likeness (QED) is 0.353. The molecule has 0 amide bonds. The van der Waals surface area contributed by atoms with E-state index in [9.17, 15) is 5.11 Å². The number of fused-ring (bicyclic) bond motifs is 4. The van der Waals surface area contributed by atoms with Gasteiger partial charge in [-0.1, -0.05) is 70.2 Å². The molecule has 3 heteroatoms. The van der Waals surface area contributed by atoms with Crippen molar-refractivity contribution in [1.29, 1.82) is 0 Å². The lowest BCUT2D eigenvalue weighted by molar-refractivity contribution is -0.162. The maximum Gasteiger partial charge on any atom is 0.0877 e. The Morgan fingerprint density at radius 2 is 1.76 bits per heavy atom. The lowest BCUT2D eigenvalue weighted by Gasteiger charge is -2.61. The fraction of sp³-hybridized carbons (Fsp3) is 0.771. The number of methoxy groups -OCH3 is 1. The third-order valence-corrected chi connectivity index (χ3v) is 14.2. The van der Waals surface area contributed by atoms with E-state index in [1.165, 1.54) is 61.8 Å². The van der Waals surface area contributed by atoms with Gasteiger partial charge in [-0.05, 0) is 123 Å². The largest absolute Gasteiger partial charge is 0.388 e. The monoisotopic (exact) mass is 536 g/mol. The molecule has 11 atom stereocenters. The van der Waals surface area contributed by atoms with E-state index in [4.69, 9.17) is 4.74 Å². The molecule has 5 fully saturated rings. The smallest absolute Gasteiger partial charge is 0.0877 e. The number of aliphatic hydroxyl groups is 1. The number of hydrogen-bond acceptors (Lipinski definition) is 3. The number of rotatable bonds is 7. The second-order valence-corrected chi connectivity index (χ2v) is 16.1. The fourth-order valence-corrected chi connectivity index (χ4v) is 12.4. The average molecular weight is 537 g/mol. The first kappa shape index (κ1) is 27.4. The summed E-state index contributed by atoms with van der Waals surface area (Å²) >= 11 is 1.78. The Bertz CT molecular complexity index is 1060. The molecule has 0 heterocycles. The summed E-state index contributed by atoms with van der Waals surface area (Å²) < 4.78 is 6.34. The molecule has 0 aromatic heterocycles. The van der Waals surface area contributed by atoms with E-state index in [0.29, 0.717) is 34.2 Å². The predicted molar refractivity (Wildman–Crippen MR) is 159 cm³/mol. The van der Waals surface area contributed by atoms with Gasteiger partial charge in [0.15, 0.2) is 0 Å². The highest BCUT2D eigenvalue weighted by Crippen LogP contribution is 2.82. The first-order valence-electron chi connectivity index (χ1n) is 15.7. The van der Waals surface area contributed by atoms with Crippen molar-refractivity contribution in [2.75, 3.05) is 7.11 Å². The zero-order chi connectivity index (χ0) is 27.0. The van der Waals surface area contributed by atoms with Crippen LogP contribution in [-0.2, 0) is 4.74 Å². The molecule has 6 rings (SSSR count). The summed E-state index contributed by atoms with van der Waals surface area (Å²) in [7, 11) is 2.00. The molecular formula is C35H52O2S. The number of allylic oxidation sites excluding steroid dienone is 1. The van der Waals surface area contributed by atoms with Crippen molar-refractivity contribution in [3.63, 3.8) is 0 Å². The molecule has 0 bridgehead atoms. The number of thioether (sulfide) groups is 1. The van der Waals surface area contributed by atoms with E-state index in [-0.39, 0.29) is 5.92 Å². The second kappa shape index (κ2) is 9.66. The molecule has 1 spiro atoms. The Kier molecular flexibility index (Phi) is 6.97. The van der Waals surface area contributed by atoms with E-state index in [1.54, 1.807) is 11.8 Å². The van der Waals surface area contributed by atoms with Crippen LogP contribution in [0.25, 0.3) is 0 Å². The van der Waals surface area contributed by atoms with E-state index < -0.39 is 6.10 Å². The van der Waals surface area contributed by atoms with Crippen LogP contribution in [-0.4, -0.2) is 24.4 Å². The Hall–Kier alpha value is -0.770. The molecule has 1 aromatic rings. The summed E-state index contributed by atoms with van der Waals surface area (Å²) in [6.07, 6.45) is 13.3. The van der Waals surface area contributed by atoms with Gasteiger partial charge in [-0.2, -0.15) is 0 Å². The molecule has 0 radical (unpaired) electrons. The summed E-state index contributed by atoms with van der Waals surface area (Å²) in [6.45, 7) is 14.3. The van der Waals surface area contributed by atoms with E-state index >= 15 is 0 Å². The Morgan fingerprint density at radius 1 is 1.03 bits per heavy atom. The molecule has 5 aliphatic carbocycles. The predicted octanol–water partition coefficient (Wildman–Crippen LogP) is 8.91. The summed E-state index contributed by atoms with van der Waals surface area (Å²) in [5, 5.41) is 11.9. The third-order valence-electron chi connectivity index (χ3n) is 13.1. The standard InChI is InChI=1S/C35H52O2S/c1-21(2)18-30(38-25-10-8-22(3)9-11-25)32(36)23(4)27-12-13-28-26-19-31(37-7)35-20-24(35)14-17-34(35,6)29(26)15-16-33(27,28)5/h8-11,18,21,23-24,26-29,31-32,36H,12-17,19-20H2,1-7H3/b30-18+/t23-,24+,26-,27+,28-,29-,31+,32-,33+,34+,35-/m0/s1. The molecule has 1 N–H and O–H groups in total. The highest BCUT2D eigenvalue weighted by molar-refractivity contribution is 8.03. The SMILES string of the molecule is CO[C@@H]1C[C@H]2[C@@H]3CC[C@H]([C@H](C)[C@H](O)/C(=C\C(C)C)Sc4ccc(C)cc4)[C@@]3(C)CC[C@@H]2[C@@]2(C)CC[C@@H]3C[C@]312.